The van der Waals surface area contributed by atoms with Crippen LogP contribution in [0.3, 0.4) is 0 Å². The fourth-order valence-corrected chi connectivity index (χ4v) is 5.95. The minimum atomic E-state index is 0.126. The highest BCUT2D eigenvalue weighted by molar-refractivity contribution is 6.18. The highest BCUT2D eigenvalue weighted by Crippen LogP contribution is 2.31. The number of piperidine rings is 1. The number of likely N-dealkylation sites (tertiary alicyclic amines) is 2. The molecule has 0 saturated carbocycles. The highest BCUT2D eigenvalue weighted by Gasteiger charge is 2.36. The Bertz CT molecular complexity index is 1140. The molecule has 0 aliphatic carbocycles. The zero-order valence-electron chi connectivity index (χ0n) is 20.4. The van der Waals surface area contributed by atoms with Crippen LogP contribution in [-0.2, 0) is 4.79 Å². The molecule has 0 spiro atoms. The van der Waals surface area contributed by atoms with Gasteiger partial charge < -0.3 is 9.80 Å². The summed E-state index contributed by atoms with van der Waals surface area (Å²) in [6, 6.07) is 19.1. The number of amides is 2. The molecule has 1 atom stereocenters. The van der Waals surface area contributed by atoms with Crippen molar-refractivity contribution in [3.05, 3.63) is 60.2 Å². The minimum Gasteiger partial charge on any atom is -0.343 e. The molecule has 3 aromatic rings. The quantitative estimate of drug-likeness (QED) is 0.518. The van der Waals surface area contributed by atoms with Crippen LogP contribution in [0.4, 0.5) is 0 Å². The molecule has 5 rings (SSSR count). The van der Waals surface area contributed by atoms with Gasteiger partial charge in [0.25, 0.3) is 5.91 Å². The van der Waals surface area contributed by atoms with Crippen LogP contribution in [0.25, 0.3) is 21.5 Å². The summed E-state index contributed by atoms with van der Waals surface area (Å²) in [6.07, 6.45) is 2.90. The summed E-state index contributed by atoms with van der Waals surface area (Å²) in [4.78, 5) is 33.1. The number of rotatable bonds is 5. The zero-order valence-corrected chi connectivity index (χ0v) is 20.4. The van der Waals surface area contributed by atoms with Crippen molar-refractivity contribution in [3.63, 3.8) is 0 Å². The van der Waals surface area contributed by atoms with Crippen LogP contribution in [0.15, 0.2) is 54.6 Å². The number of hydrogen-bond acceptors (Lipinski definition) is 3. The van der Waals surface area contributed by atoms with Gasteiger partial charge in [-0.25, -0.2) is 0 Å². The molecule has 2 saturated heterocycles. The lowest BCUT2D eigenvalue weighted by Crippen LogP contribution is -2.46. The zero-order chi connectivity index (χ0) is 23.7. The maximum atomic E-state index is 13.8. The van der Waals surface area contributed by atoms with Gasteiger partial charge in [-0.1, -0.05) is 48.5 Å². The lowest BCUT2D eigenvalue weighted by molar-refractivity contribution is -0.134. The van der Waals surface area contributed by atoms with Gasteiger partial charge in [0, 0.05) is 38.8 Å². The molecule has 2 heterocycles. The number of benzene rings is 3. The van der Waals surface area contributed by atoms with E-state index in [1.807, 2.05) is 34.1 Å². The summed E-state index contributed by atoms with van der Waals surface area (Å²) in [5, 5.41) is 4.29. The lowest BCUT2D eigenvalue weighted by atomic mass is 9.95. The van der Waals surface area contributed by atoms with Gasteiger partial charge in [0.2, 0.25) is 5.91 Å². The molecule has 0 aromatic heterocycles. The second kappa shape index (κ2) is 9.75. The molecule has 2 fully saturated rings. The number of nitrogens with zero attached hydrogens (tertiary/aromatic N) is 3. The van der Waals surface area contributed by atoms with Crippen LogP contribution in [0.5, 0.6) is 0 Å². The Kier molecular flexibility index (Phi) is 6.55. The first-order chi connectivity index (χ1) is 16.6. The van der Waals surface area contributed by atoms with E-state index in [4.69, 9.17) is 0 Å². The molecule has 2 amide bonds. The van der Waals surface area contributed by atoms with Gasteiger partial charge in [-0.3, -0.25) is 14.5 Å². The van der Waals surface area contributed by atoms with Crippen LogP contribution < -0.4 is 0 Å². The average molecular weight is 458 g/mol. The first-order valence-corrected chi connectivity index (χ1v) is 12.8. The molecule has 3 aromatic carbocycles. The molecule has 34 heavy (non-hydrogen) atoms. The van der Waals surface area contributed by atoms with Crippen molar-refractivity contribution >= 4 is 33.4 Å². The third-order valence-corrected chi connectivity index (χ3v) is 7.90. The summed E-state index contributed by atoms with van der Waals surface area (Å²) in [7, 11) is 0. The van der Waals surface area contributed by atoms with Gasteiger partial charge in [0.05, 0.1) is 11.5 Å². The van der Waals surface area contributed by atoms with Crippen molar-refractivity contribution in [1.29, 1.82) is 0 Å². The predicted molar refractivity (Wildman–Crippen MR) is 138 cm³/mol. The van der Waals surface area contributed by atoms with E-state index in [1.54, 1.807) is 0 Å². The van der Waals surface area contributed by atoms with Crippen molar-refractivity contribution < 1.29 is 9.59 Å². The molecule has 5 nitrogen and oxygen atoms in total. The summed E-state index contributed by atoms with van der Waals surface area (Å²) in [6.45, 7) is 9.08. The Labute approximate surface area is 202 Å². The minimum absolute atomic E-state index is 0.126. The maximum absolute atomic E-state index is 13.8. The Morgan fingerprint density at radius 2 is 1.44 bits per heavy atom. The molecule has 0 bridgehead atoms. The lowest BCUT2D eigenvalue weighted by Gasteiger charge is -2.37. The van der Waals surface area contributed by atoms with Crippen LogP contribution in [0.1, 0.15) is 43.5 Å². The number of hydrogen-bond donors (Lipinski definition) is 0. The molecule has 0 radical (unpaired) electrons. The third-order valence-electron chi connectivity index (χ3n) is 7.90. The van der Waals surface area contributed by atoms with E-state index in [0.717, 1.165) is 85.6 Å². The van der Waals surface area contributed by atoms with Gasteiger partial charge in [0.15, 0.2) is 0 Å². The van der Waals surface area contributed by atoms with Crippen LogP contribution in [-0.4, -0.2) is 71.8 Å². The molecule has 0 N–H and O–H groups in total. The number of carbonyl (C=O) groups is 2. The molecule has 5 heteroatoms. The van der Waals surface area contributed by atoms with Crippen molar-refractivity contribution in [1.82, 2.24) is 14.7 Å². The Balaban J connectivity index is 1.29. The average Bonchev–Trinajstić information content (AvgIpc) is 3.38. The summed E-state index contributed by atoms with van der Waals surface area (Å²) in [5.41, 5.74) is 0.832. The topological polar surface area (TPSA) is 43.9 Å². The molecular weight excluding hydrogens is 422 g/mol. The Hall–Kier alpha value is -2.92. The van der Waals surface area contributed by atoms with Crippen molar-refractivity contribution in [2.75, 3.05) is 39.3 Å². The largest absolute Gasteiger partial charge is 0.343 e. The van der Waals surface area contributed by atoms with Gasteiger partial charge in [-0.05, 0) is 67.3 Å². The van der Waals surface area contributed by atoms with E-state index in [0.29, 0.717) is 11.9 Å². The highest BCUT2D eigenvalue weighted by atomic mass is 16.2. The van der Waals surface area contributed by atoms with E-state index in [-0.39, 0.29) is 11.8 Å². The van der Waals surface area contributed by atoms with Gasteiger partial charge >= 0.3 is 0 Å². The fraction of sp³-hybridized carbons (Fsp3) is 0.448. The van der Waals surface area contributed by atoms with Crippen LogP contribution in [0, 0.1) is 5.92 Å². The van der Waals surface area contributed by atoms with Crippen molar-refractivity contribution in [2.45, 2.75) is 39.2 Å². The molecule has 1 unspecified atom stereocenters. The fourth-order valence-electron chi connectivity index (χ4n) is 5.95. The van der Waals surface area contributed by atoms with E-state index >= 15 is 0 Å². The monoisotopic (exact) mass is 457 g/mol. The van der Waals surface area contributed by atoms with Crippen LogP contribution >= 0.6 is 0 Å². The van der Waals surface area contributed by atoms with Gasteiger partial charge in [-0.2, -0.15) is 0 Å². The predicted octanol–water partition coefficient (Wildman–Crippen LogP) is 4.79. The maximum Gasteiger partial charge on any atom is 0.255 e. The second-order valence-electron chi connectivity index (χ2n) is 9.71. The molecule has 2 aliphatic heterocycles. The summed E-state index contributed by atoms with van der Waals surface area (Å²) in [5.74, 6) is 0.576. The number of fused-ring (bicyclic) bond motifs is 2. The van der Waals surface area contributed by atoms with E-state index in [2.05, 4.69) is 49.1 Å². The first-order valence-electron chi connectivity index (χ1n) is 12.8. The van der Waals surface area contributed by atoms with Crippen molar-refractivity contribution in [2.24, 2.45) is 5.92 Å². The van der Waals surface area contributed by atoms with Gasteiger partial charge in [-0.15, -0.1) is 0 Å². The van der Waals surface area contributed by atoms with E-state index in [1.165, 1.54) is 0 Å². The smallest absolute Gasteiger partial charge is 0.255 e. The normalized spacial score (nSPS) is 19.7. The molecule has 2 aliphatic rings. The first kappa shape index (κ1) is 22.9. The van der Waals surface area contributed by atoms with E-state index in [9.17, 15) is 9.59 Å². The Morgan fingerprint density at radius 1 is 0.853 bits per heavy atom. The SMILES string of the molecule is CCN(CC)C(=O)C1CCN(C2CCN(C(=O)c3c4ccccc4cc4ccccc34)CC2)C1. The standard InChI is InChI=1S/C29H35N3O2/c1-3-30(4-2)28(33)23-13-16-32(20-23)24-14-17-31(18-15-24)29(34)27-25-11-7-5-9-21(25)19-22-10-6-8-12-26(22)27/h5-12,19,23-24H,3-4,13-18,20H2,1-2H3. The summed E-state index contributed by atoms with van der Waals surface area (Å²) >= 11 is 0. The van der Waals surface area contributed by atoms with Gasteiger partial charge in [0.1, 0.15) is 0 Å². The molecule has 178 valence electrons. The summed E-state index contributed by atoms with van der Waals surface area (Å²) < 4.78 is 0. The van der Waals surface area contributed by atoms with E-state index < -0.39 is 0 Å². The third kappa shape index (κ3) is 4.18. The van der Waals surface area contributed by atoms with Crippen LogP contribution in [0.2, 0.25) is 0 Å². The van der Waals surface area contributed by atoms with Crippen molar-refractivity contribution in [3.8, 4) is 0 Å². The molecular formula is C29H35N3O2. The number of carbonyl (C=O) groups excluding carboxylic acids is 2. The Morgan fingerprint density at radius 3 is 2.03 bits per heavy atom. The second-order valence-corrected chi connectivity index (χ2v) is 9.71.